The Balaban J connectivity index is 2.46. The second-order valence-electron chi connectivity index (χ2n) is 6.64. The highest BCUT2D eigenvalue weighted by molar-refractivity contribution is 7.07. The summed E-state index contributed by atoms with van der Waals surface area (Å²) in [5.41, 5.74) is 0.271. The second-order valence-corrected chi connectivity index (χ2v) is 7.72. The van der Waals surface area contributed by atoms with Crippen LogP contribution in [-0.2, 0) is 0 Å². The summed E-state index contributed by atoms with van der Waals surface area (Å²) >= 11 is 1.92. The zero-order valence-corrected chi connectivity index (χ0v) is 12.8. The maximum Gasteiger partial charge on any atom is 0.0323 e. The van der Waals surface area contributed by atoms with Crippen LogP contribution in [0.1, 0.15) is 27.7 Å². The van der Waals surface area contributed by atoms with Crippen LogP contribution < -0.4 is 19.5 Å². The van der Waals surface area contributed by atoms with Gasteiger partial charge in [-0.25, -0.2) is 0 Å². The van der Waals surface area contributed by atoms with E-state index in [1.165, 1.54) is 19.5 Å². The van der Waals surface area contributed by atoms with Gasteiger partial charge >= 0.3 is 0 Å². The van der Waals surface area contributed by atoms with Gasteiger partial charge in [0.05, 0.1) is 0 Å². The van der Waals surface area contributed by atoms with Crippen molar-refractivity contribution < 1.29 is 0 Å². The Hall–Kier alpha value is -1.34. The Morgan fingerprint density at radius 1 is 0.737 bits per heavy atom. The number of hydrogen-bond donors (Lipinski definition) is 0. The molecule has 1 heteroatoms. The van der Waals surface area contributed by atoms with Crippen LogP contribution in [0.3, 0.4) is 0 Å². The van der Waals surface area contributed by atoms with Crippen LogP contribution in [0.15, 0.2) is 24.3 Å². The summed E-state index contributed by atoms with van der Waals surface area (Å²) in [5, 5.41) is 2.75. The Bertz CT molecular complexity index is 740. The Kier molecular flexibility index (Phi) is 2.72. The number of fused-ring (bicyclic) bond motifs is 3. The molecule has 0 atom stereocenters. The van der Waals surface area contributed by atoms with Crippen molar-refractivity contribution in [3.8, 4) is 0 Å². The zero-order chi connectivity index (χ0) is 13.7. The van der Waals surface area contributed by atoms with Gasteiger partial charge in [-0.2, -0.15) is 0 Å². The number of allylic oxidation sites excluding steroid dienone is 4. The van der Waals surface area contributed by atoms with Crippen molar-refractivity contribution in [3.63, 3.8) is 0 Å². The molecule has 2 aliphatic rings. The largest absolute Gasteiger partial charge is 0.136 e. The maximum absolute atomic E-state index is 2.39. The fourth-order valence-corrected chi connectivity index (χ4v) is 4.15. The first-order valence-electron chi connectivity index (χ1n) is 6.80. The summed E-state index contributed by atoms with van der Waals surface area (Å²) in [5.74, 6) is 0. The quantitative estimate of drug-likeness (QED) is 0.676. The third-order valence-corrected chi connectivity index (χ3v) is 4.74. The van der Waals surface area contributed by atoms with Crippen molar-refractivity contribution in [1.29, 1.82) is 0 Å². The molecule has 0 amide bonds. The molecule has 0 bridgehead atoms. The van der Waals surface area contributed by atoms with Crippen LogP contribution in [0.2, 0.25) is 0 Å². The van der Waals surface area contributed by atoms with Crippen LogP contribution in [0.5, 0.6) is 0 Å². The van der Waals surface area contributed by atoms with Gasteiger partial charge in [0, 0.05) is 19.9 Å². The van der Waals surface area contributed by atoms with E-state index >= 15 is 0 Å². The summed E-state index contributed by atoms with van der Waals surface area (Å²) in [6.07, 6.45) is 18.2. The van der Waals surface area contributed by atoms with Crippen LogP contribution in [0.25, 0.3) is 24.3 Å². The van der Waals surface area contributed by atoms with E-state index in [2.05, 4.69) is 76.3 Å². The normalized spacial score (nSPS) is 21.7. The topological polar surface area (TPSA) is 0 Å². The molecule has 0 radical (unpaired) electrons. The smallest absolute Gasteiger partial charge is 0.0323 e. The molecule has 1 aromatic heterocycles. The number of hydrogen-bond acceptors (Lipinski definition) is 1. The minimum atomic E-state index is 0.136. The molecule has 98 valence electrons. The van der Waals surface area contributed by atoms with Crippen molar-refractivity contribution in [2.24, 2.45) is 10.8 Å². The third-order valence-electron chi connectivity index (χ3n) is 3.62. The first-order chi connectivity index (χ1) is 8.86. The van der Waals surface area contributed by atoms with Gasteiger partial charge in [0.25, 0.3) is 0 Å². The maximum atomic E-state index is 2.39. The summed E-state index contributed by atoms with van der Waals surface area (Å²) in [6.45, 7) is 9.03. The average molecular weight is 268 g/mol. The van der Waals surface area contributed by atoms with Gasteiger partial charge in [-0.3, -0.25) is 0 Å². The Morgan fingerprint density at radius 3 is 1.58 bits per heavy atom. The number of thiophene rings is 1. The molecule has 0 aliphatic heterocycles. The molecule has 0 aromatic carbocycles. The fourth-order valence-electron chi connectivity index (χ4n) is 2.61. The first kappa shape index (κ1) is 12.7. The highest BCUT2D eigenvalue weighted by Crippen LogP contribution is 2.21. The van der Waals surface area contributed by atoms with Gasteiger partial charge in [-0.1, -0.05) is 76.3 Å². The lowest BCUT2D eigenvalue weighted by Gasteiger charge is -2.12. The molecule has 0 saturated heterocycles. The molecule has 1 heterocycles. The molecule has 19 heavy (non-hydrogen) atoms. The molecule has 3 rings (SSSR count). The lowest BCUT2D eigenvalue weighted by atomic mass is 9.93. The third kappa shape index (κ3) is 2.40. The van der Waals surface area contributed by atoms with E-state index in [4.69, 9.17) is 0 Å². The van der Waals surface area contributed by atoms with Gasteiger partial charge in [-0.05, 0) is 10.4 Å². The molecule has 2 aliphatic carbocycles. The first-order valence-corrected chi connectivity index (χ1v) is 7.62. The van der Waals surface area contributed by atoms with E-state index in [1.807, 2.05) is 11.3 Å². The van der Waals surface area contributed by atoms with Gasteiger partial charge < -0.3 is 0 Å². The molecule has 0 fully saturated rings. The van der Waals surface area contributed by atoms with Crippen LogP contribution in [0.4, 0.5) is 0 Å². The summed E-state index contributed by atoms with van der Waals surface area (Å²) in [7, 11) is 0. The standard InChI is InChI=1S/C18H20S/c1-17(2)9-5-7-13-14-8-6-10-18(3,4)12-16(14)19-15(13)11-17/h5-12H,1-4H3. The molecule has 0 spiro atoms. The summed E-state index contributed by atoms with van der Waals surface area (Å²) in [4.78, 5) is 0. The van der Waals surface area contributed by atoms with Crippen LogP contribution >= 0.6 is 11.3 Å². The molecular weight excluding hydrogens is 248 g/mol. The second kappa shape index (κ2) is 4.08. The summed E-state index contributed by atoms with van der Waals surface area (Å²) < 4.78 is 2.80. The van der Waals surface area contributed by atoms with Crippen molar-refractivity contribution in [2.75, 3.05) is 0 Å². The van der Waals surface area contributed by atoms with E-state index in [9.17, 15) is 0 Å². The molecular formula is C18H20S. The molecule has 0 N–H and O–H groups in total. The molecule has 0 nitrogen and oxygen atoms in total. The monoisotopic (exact) mass is 268 g/mol. The van der Waals surface area contributed by atoms with Crippen molar-refractivity contribution in [3.05, 3.63) is 43.8 Å². The van der Waals surface area contributed by atoms with Crippen molar-refractivity contribution >= 4 is 35.6 Å². The minimum absolute atomic E-state index is 0.136. The van der Waals surface area contributed by atoms with E-state index in [0.717, 1.165) is 0 Å². The summed E-state index contributed by atoms with van der Waals surface area (Å²) in [6, 6.07) is 0. The predicted octanol–water partition coefficient (Wildman–Crippen LogP) is 2.06. The SMILES string of the molecule is CC1(C)C=CC=c2c(sc3c2=CC=CC(C)(C)C=3)=C1. The molecule has 1 aromatic rings. The van der Waals surface area contributed by atoms with E-state index < -0.39 is 0 Å². The van der Waals surface area contributed by atoms with E-state index in [-0.39, 0.29) is 10.8 Å². The predicted molar refractivity (Wildman–Crippen MR) is 86.5 cm³/mol. The fraction of sp³-hybridized carbons (Fsp3) is 0.333. The lowest BCUT2D eigenvalue weighted by Crippen LogP contribution is -2.37. The van der Waals surface area contributed by atoms with Crippen LogP contribution in [0, 0.1) is 10.8 Å². The van der Waals surface area contributed by atoms with Gasteiger partial charge in [0.15, 0.2) is 0 Å². The Morgan fingerprint density at radius 2 is 1.16 bits per heavy atom. The molecule has 0 unspecified atom stereocenters. The Labute approximate surface area is 118 Å². The van der Waals surface area contributed by atoms with Crippen molar-refractivity contribution in [2.45, 2.75) is 27.7 Å². The van der Waals surface area contributed by atoms with E-state index in [0.29, 0.717) is 0 Å². The minimum Gasteiger partial charge on any atom is -0.136 e. The number of rotatable bonds is 0. The van der Waals surface area contributed by atoms with Gasteiger partial charge in [0.1, 0.15) is 0 Å². The highest BCUT2D eigenvalue weighted by atomic mass is 32.1. The molecule has 0 saturated carbocycles. The van der Waals surface area contributed by atoms with Gasteiger partial charge in [-0.15, -0.1) is 11.3 Å². The average Bonchev–Trinajstić information content (AvgIpc) is 2.43. The zero-order valence-electron chi connectivity index (χ0n) is 12.0. The van der Waals surface area contributed by atoms with E-state index in [1.54, 1.807) is 0 Å². The van der Waals surface area contributed by atoms with Gasteiger partial charge in [0.2, 0.25) is 0 Å². The highest BCUT2D eigenvalue weighted by Gasteiger charge is 2.14. The van der Waals surface area contributed by atoms with Crippen LogP contribution in [-0.4, -0.2) is 0 Å². The van der Waals surface area contributed by atoms with Crippen molar-refractivity contribution in [1.82, 2.24) is 0 Å². The lowest BCUT2D eigenvalue weighted by molar-refractivity contribution is 0.671.